The number of aliphatic hydroxyl groups is 1. The Morgan fingerprint density at radius 1 is 1.00 bits per heavy atom. The fraction of sp³-hybridized carbons (Fsp3) is 0.333. The smallest absolute Gasteiger partial charge is 0.261 e. The molecule has 6 heteroatoms. The van der Waals surface area contributed by atoms with Gasteiger partial charge in [0, 0.05) is 19.6 Å². The lowest BCUT2D eigenvalue weighted by molar-refractivity contribution is 0.0588. The number of rotatable bonds is 6. The number of ether oxygens (including phenoxy) is 1. The van der Waals surface area contributed by atoms with Crippen LogP contribution >= 0.6 is 0 Å². The second-order valence-electron chi connectivity index (χ2n) is 6.92. The number of nitrogens with zero attached hydrogens (tertiary/aromatic N) is 2. The first kappa shape index (κ1) is 17.7. The van der Waals surface area contributed by atoms with Crippen molar-refractivity contribution >= 4 is 11.8 Å². The van der Waals surface area contributed by atoms with E-state index in [1.807, 2.05) is 24.3 Å². The lowest BCUT2D eigenvalue weighted by Crippen LogP contribution is -2.41. The third-order valence-electron chi connectivity index (χ3n) is 5.13. The van der Waals surface area contributed by atoms with Crippen molar-refractivity contribution < 1.29 is 19.4 Å². The molecule has 1 saturated heterocycles. The topological polar surface area (TPSA) is 70.1 Å². The maximum Gasteiger partial charge on any atom is 0.261 e. The molecule has 2 aromatic rings. The van der Waals surface area contributed by atoms with Gasteiger partial charge in [0.05, 0.1) is 23.8 Å². The highest BCUT2D eigenvalue weighted by Crippen LogP contribution is 2.28. The van der Waals surface area contributed by atoms with Crippen LogP contribution in [0, 0.1) is 0 Å². The molecule has 2 amide bonds. The number of amides is 2. The van der Waals surface area contributed by atoms with Gasteiger partial charge in [-0.05, 0) is 36.2 Å². The van der Waals surface area contributed by atoms with E-state index in [1.165, 1.54) is 4.90 Å². The number of hydrogen-bond donors (Lipinski definition) is 1. The highest BCUT2D eigenvalue weighted by atomic mass is 16.5. The van der Waals surface area contributed by atoms with Gasteiger partial charge in [0.25, 0.3) is 11.8 Å². The van der Waals surface area contributed by atoms with Gasteiger partial charge in [0.15, 0.2) is 0 Å². The van der Waals surface area contributed by atoms with Crippen molar-refractivity contribution in [2.75, 3.05) is 26.3 Å². The Morgan fingerprint density at radius 2 is 1.67 bits per heavy atom. The number of carbonyl (C=O) groups is 2. The summed E-state index contributed by atoms with van der Waals surface area (Å²) in [6, 6.07) is 14.7. The lowest BCUT2D eigenvalue weighted by atomic mass is 10.1. The molecular weight excluding hydrogens is 344 g/mol. The normalized spacial score (nSPS) is 19.6. The molecule has 6 nitrogen and oxygen atoms in total. The summed E-state index contributed by atoms with van der Waals surface area (Å²) in [6.07, 6.45) is 0.795. The number of aliphatic hydroxyl groups excluding tert-OH is 1. The van der Waals surface area contributed by atoms with Gasteiger partial charge in [-0.3, -0.25) is 19.4 Å². The Labute approximate surface area is 158 Å². The minimum atomic E-state index is -0.173. The summed E-state index contributed by atoms with van der Waals surface area (Å²) in [5, 5.41) is 8.80. The number of benzene rings is 2. The Hall–Kier alpha value is -2.70. The minimum absolute atomic E-state index is 0.00523. The van der Waals surface area contributed by atoms with Crippen LogP contribution in [0.3, 0.4) is 0 Å². The van der Waals surface area contributed by atoms with E-state index in [9.17, 15) is 9.59 Å². The van der Waals surface area contributed by atoms with Gasteiger partial charge in [0.2, 0.25) is 0 Å². The maximum atomic E-state index is 12.6. The van der Waals surface area contributed by atoms with Crippen LogP contribution in [0.5, 0.6) is 5.75 Å². The summed E-state index contributed by atoms with van der Waals surface area (Å²) in [7, 11) is 0. The van der Waals surface area contributed by atoms with Gasteiger partial charge in [-0.15, -0.1) is 0 Å². The lowest BCUT2D eigenvalue weighted by Gasteiger charge is -2.22. The number of imide groups is 1. The standard InChI is InChI=1S/C21H22N2O4/c24-11-12-27-17-7-5-15(6-8-17)13-22-10-9-16(14-22)23-20(25)18-3-1-2-4-19(18)21(23)26/h1-8,16,24H,9-14H2/t16-/m1/s1. The van der Waals surface area contributed by atoms with E-state index in [2.05, 4.69) is 4.90 Å². The van der Waals surface area contributed by atoms with Crippen LogP contribution in [0.4, 0.5) is 0 Å². The SMILES string of the molecule is O=C1c2ccccc2C(=O)N1[C@@H]1CCN(Cc2ccc(OCCO)cc2)C1. The summed E-state index contributed by atoms with van der Waals surface area (Å²) >= 11 is 0. The average Bonchev–Trinajstić information content (AvgIpc) is 3.24. The summed E-state index contributed by atoms with van der Waals surface area (Å²) in [5.41, 5.74) is 2.17. The molecule has 0 saturated carbocycles. The molecule has 1 N–H and O–H groups in total. The zero-order valence-electron chi connectivity index (χ0n) is 15.0. The monoisotopic (exact) mass is 366 g/mol. The maximum absolute atomic E-state index is 12.6. The first-order valence-corrected chi connectivity index (χ1v) is 9.19. The molecule has 4 rings (SSSR count). The van der Waals surface area contributed by atoms with Gasteiger partial charge in [-0.25, -0.2) is 0 Å². The van der Waals surface area contributed by atoms with Crippen LogP contribution in [-0.4, -0.2) is 59.1 Å². The van der Waals surface area contributed by atoms with Crippen molar-refractivity contribution in [3.63, 3.8) is 0 Å². The summed E-state index contributed by atoms with van der Waals surface area (Å²) in [6.45, 7) is 2.58. The molecule has 0 aromatic heterocycles. The molecule has 2 heterocycles. The first-order chi connectivity index (χ1) is 13.2. The predicted octanol–water partition coefficient (Wildman–Crippen LogP) is 1.93. The van der Waals surface area contributed by atoms with Gasteiger partial charge in [-0.1, -0.05) is 24.3 Å². The number of hydrogen-bond acceptors (Lipinski definition) is 5. The summed E-state index contributed by atoms with van der Waals surface area (Å²) in [5.74, 6) is 0.388. The fourth-order valence-corrected chi connectivity index (χ4v) is 3.82. The Kier molecular flexibility index (Phi) is 4.92. The molecule has 2 aromatic carbocycles. The van der Waals surface area contributed by atoms with E-state index < -0.39 is 0 Å². The van der Waals surface area contributed by atoms with Crippen molar-refractivity contribution in [2.45, 2.75) is 19.0 Å². The van der Waals surface area contributed by atoms with Crippen LogP contribution in [-0.2, 0) is 6.54 Å². The third kappa shape index (κ3) is 3.46. The molecule has 0 unspecified atom stereocenters. The van der Waals surface area contributed by atoms with E-state index in [-0.39, 0.29) is 31.1 Å². The van der Waals surface area contributed by atoms with Crippen molar-refractivity contribution in [2.24, 2.45) is 0 Å². The average molecular weight is 366 g/mol. The van der Waals surface area contributed by atoms with Crippen LogP contribution < -0.4 is 4.74 Å². The molecule has 0 bridgehead atoms. The first-order valence-electron chi connectivity index (χ1n) is 9.19. The van der Waals surface area contributed by atoms with E-state index >= 15 is 0 Å². The molecule has 27 heavy (non-hydrogen) atoms. The van der Waals surface area contributed by atoms with E-state index in [4.69, 9.17) is 9.84 Å². The molecule has 0 radical (unpaired) electrons. The van der Waals surface area contributed by atoms with E-state index in [1.54, 1.807) is 24.3 Å². The zero-order valence-corrected chi connectivity index (χ0v) is 15.0. The number of fused-ring (bicyclic) bond motifs is 1. The van der Waals surface area contributed by atoms with E-state index in [0.29, 0.717) is 17.7 Å². The van der Waals surface area contributed by atoms with Crippen LogP contribution in [0.15, 0.2) is 48.5 Å². The quantitative estimate of drug-likeness (QED) is 0.791. The Morgan fingerprint density at radius 3 is 2.30 bits per heavy atom. The Bertz CT molecular complexity index is 815. The summed E-state index contributed by atoms with van der Waals surface area (Å²) < 4.78 is 5.37. The molecule has 2 aliphatic rings. The molecule has 2 aliphatic heterocycles. The van der Waals surface area contributed by atoms with Gasteiger partial charge < -0.3 is 9.84 Å². The highest BCUT2D eigenvalue weighted by molar-refractivity contribution is 6.21. The predicted molar refractivity (Wildman–Crippen MR) is 99.6 cm³/mol. The highest BCUT2D eigenvalue weighted by Gasteiger charge is 2.41. The Balaban J connectivity index is 1.38. The van der Waals surface area contributed by atoms with Crippen molar-refractivity contribution in [1.82, 2.24) is 9.80 Å². The second kappa shape index (κ2) is 7.50. The minimum Gasteiger partial charge on any atom is -0.491 e. The zero-order chi connectivity index (χ0) is 18.8. The van der Waals surface area contributed by atoms with Gasteiger partial charge in [0.1, 0.15) is 12.4 Å². The molecular formula is C21H22N2O4. The molecule has 1 atom stereocenters. The van der Waals surface area contributed by atoms with Crippen LogP contribution in [0.25, 0.3) is 0 Å². The van der Waals surface area contributed by atoms with Crippen molar-refractivity contribution in [3.8, 4) is 5.75 Å². The molecule has 1 fully saturated rings. The molecule has 140 valence electrons. The van der Waals surface area contributed by atoms with Crippen LogP contribution in [0.2, 0.25) is 0 Å². The van der Waals surface area contributed by atoms with Crippen molar-refractivity contribution in [1.29, 1.82) is 0 Å². The van der Waals surface area contributed by atoms with Gasteiger partial charge in [-0.2, -0.15) is 0 Å². The fourth-order valence-electron chi connectivity index (χ4n) is 3.82. The number of carbonyl (C=O) groups excluding carboxylic acids is 2. The largest absolute Gasteiger partial charge is 0.491 e. The van der Waals surface area contributed by atoms with E-state index in [0.717, 1.165) is 30.8 Å². The van der Waals surface area contributed by atoms with Crippen molar-refractivity contribution in [3.05, 3.63) is 65.2 Å². The third-order valence-corrected chi connectivity index (χ3v) is 5.13. The second-order valence-corrected chi connectivity index (χ2v) is 6.92. The number of likely N-dealkylation sites (tertiary alicyclic amines) is 1. The molecule has 0 aliphatic carbocycles. The van der Waals surface area contributed by atoms with Crippen LogP contribution in [0.1, 0.15) is 32.7 Å². The summed E-state index contributed by atoms with van der Waals surface area (Å²) in [4.78, 5) is 29.0. The molecule has 0 spiro atoms. The van der Waals surface area contributed by atoms with Gasteiger partial charge >= 0.3 is 0 Å².